The second kappa shape index (κ2) is 7.40. The lowest BCUT2D eigenvalue weighted by Gasteiger charge is -2.39. The van der Waals surface area contributed by atoms with Gasteiger partial charge in [0.05, 0.1) is 7.11 Å². The maximum atomic E-state index is 12.5. The van der Waals surface area contributed by atoms with E-state index in [1.54, 1.807) is 12.0 Å². The first-order chi connectivity index (χ1) is 12.7. The summed E-state index contributed by atoms with van der Waals surface area (Å²) < 4.78 is 42.4. The number of benzene rings is 1. The van der Waals surface area contributed by atoms with Gasteiger partial charge in [0.25, 0.3) is 0 Å². The summed E-state index contributed by atoms with van der Waals surface area (Å²) >= 11 is 0. The molecule has 0 bridgehead atoms. The summed E-state index contributed by atoms with van der Waals surface area (Å²) in [5, 5.41) is 0. The van der Waals surface area contributed by atoms with Gasteiger partial charge in [-0.25, -0.2) is 0 Å². The summed E-state index contributed by atoms with van der Waals surface area (Å²) in [6, 6.07) is 7.52. The third-order valence-corrected chi connectivity index (χ3v) is 5.44. The summed E-state index contributed by atoms with van der Waals surface area (Å²) in [7, 11) is 1.59. The number of likely N-dealkylation sites (tertiary alicyclic amines) is 2. The average molecular weight is 384 g/mol. The van der Waals surface area contributed by atoms with Gasteiger partial charge in [0, 0.05) is 38.0 Å². The standard InChI is InChI=1S/C19H23F3N2O3/c1-27-15-4-2-3-14(9-15)12-24-13-18(10-16(24)25)5-7-23(8-6-18)17(26)11-19(20,21)22/h2-4,9H,5-8,10-13H2,1H3. The van der Waals surface area contributed by atoms with Gasteiger partial charge in [-0.15, -0.1) is 0 Å². The largest absolute Gasteiger partial charge is 0.497 e. The molecule has 0 N–H and O–H groups in total. The molecular weight excluding hydrogens is 361 g/mol. The number of halogens is 3. The molecule has 1 aromatic carbocycles. The molecule has 2 fully saturated rings. The predicted octanol–water partition coefficient (Wildman–Crippen LogP) is 2.99. The molecule has 0 unspecified atom stereocenters. The van der Waals surface area contributed by atoms with Crippen LogP contribution in [-0.2, 0) is 16.1 Å². The first-order valence-corrected chi connectivity index (χ1v) is 8.95. The Kier molecular flexibility index (Phi) is 5.35. The van der Waals surface area contributed by atoms with Crippen LogP contribution in [0.4, 0.5) is 13.2 Å². The molecule has 0 radical (unpaired) electrons. The van der Waals surface area contributed by atoms with E-state index in [4.69, 9.17) is 4.74 Å². The van der Waals surface area contributed by atoms with Crippen LogP contribution in [0.25, 0.3) is 0 Å². The molecule has 0 aromatic heterocycles. The molecule has 148 valence electrons. The van der Waals surface area contributed by atoms with Gasteiger partial charge in [-0.2, -0.15) is 13.2 Å². The molecule has 1 spiro atoms. The molecule has 2 saturated heterocycles. The van der Waals surface area contributed by atoms with Gasteiger partial charge in [0.15, 0.2) is 0 Å². The average Bonchev–Trinajstić information content (AvgIpc) is 2.89. The number of rotatable bonds is 4. The van der Waals surface area contributed by atoms with E-state index in [1.807, 2.05) is 24.3 Å². The molecule has 8 heteroatoms. The number of carbonyl (C=O) groups is 2. The number of nitrogens with zero attached hydrogens (tertiary/aromatic N) is 2. The molecular formula is C19H23F3N2O3. The van der Waals surface area contributed by atoms with E-state index in [1.165, 1.54) is 4.90 Å². The third-order valence-electron chi connectivity index (χ3n) is 5.44. The van der Waals surface area contributed by atoms with Crippen LogP contribution in [0, 0.1) is 5.41 Å². The minimum atomic E-state index is -4.48. The summed E-state index contributed by atoms with van der Waals surface area (Å²) in [5.41, 5.74) is 0.725. The Bertz CT molecular complexity index is 712. The van der Waals surface area contributed by atoms with Gasteiger partial charge in [0.2, 0.25) is 11.8 Å². The molecule has 2 heterocycles. The number of ether oxygens (including phenoxy) is 1. The lowest BCUT2D eigenvalue weighted by atomic mass is 9.77. The first kappa shape index (κ1) is 19.5. The number of carbonyl (C=O) groups excluding carboxylic acids is 2. The second-order valence-corrected chi connectivity index (χ2v) is 7.45. The number of hydrogen-bond acceptors (Lipinski definition) is 3. The normalized spacial score (nSPS) is 19.6. The van der Waals surface area contributed by atoms with Crippen LogP contribution >= 0.6 is 0 Å². The predicted molar refractivity (Wildman–Crippen MR) is 91.9 cm³/mol. The minimum Gasteiger partial charge on any atom is -0.497 e. The van der Waals surface area contributed by atoms with Crippen LogP contribution < -0.4 is 4.74 Å². The van der Waals surface area contributed by atoms with Crippen molar-refractivity contribution in [2.45, 2.75) is 38.4 Å². The van der Waals surface area contributed by atoms with Gasteiger partial charge < -0.3 is 14.5 Å². The fourth-order valence-corrected chi connectivity index (χ4v) is 3.97. The van der Waals surface area contributed by atoms with Crippen molar-refractivity contribution < 1.29 is 27.5 Å². The topological polar surface area (TPSA) is 49.9 Å². The van der Waals surface area contributed by atoms with Crippen molar-refractivity contribution in [2.75, 3.05) is 26.7 Å². The van der Waals surface area contributed by atoms with Gasteiger partial charge in [-0.3, -0.25) is 9.59 Å². The van der Waals surface area contributed by atoms with E-state index in [-0.39, 0.29) is 24.4 Å². The second-order valence-electron chi connectivity index (χ2n) is 7.45. The Labute approximate surface area is 156 Å². The van der Waals surface area contributed by atoms with Crippen LogP contribution in [0.5, 0.6) is 5.75 Å². The molecule has 0 saturated carbocycles. The smallest absolute Gasteiger partial charge is 0.397 e. The number of amides is 2. The van der Waals surface area contributed by atoms with Gasteiger partial charge in [-0.05, 0) is 30.5 Å². The van der Waals surface area contributed by atoms with Crippen LogP contribution in [0.15, 0.2) is 24.3 Å². The molecule has 27 heavy (non-hydrogen) atoms. The zero-order valence-electron chi connectivity index (χ0n) is 15.2. The maximum Gasteiger partial charge on any atom is 0.397 e. The minimum absolute atomic E-state index is 0.0490. The molecule has 2 aliphatic rings. The SMILES string of the molecule is COc1cccc(CN2CC3(CCN(C(=O)CC(F)(F)F)CC3)CC2=O)c1. The Hall–Kier alpha value is -2.25. The van der Waals surface area contributed by atoms with Crippen molar-refractivity contribution in [1.82, 2.24) is 9.80 Å². The maximum absolute atomic E-state index is 12.5. The summed E-state index contributed by atoms with van der Waals surface area (Å²) in [6.45, 7) is 1.60. The zero-order chi connectivity index (χ0) is 19.7. The van der Waals surface area contributed by atoms with E-state index in [9.17, 15) is 22.8 Å². The summed E-state index contributed by atoms with van der Waals surface area (Å²) in [4.78, 5) is 27.3. The van der Waals surface area contributed by atoms with Crippen molar-refractivity contribution in [3.8, 4) is 5.75 Å². The molecule has 0 aliphatic carbocycles. The van der Waals surface area contributed by atoms with Crippen molar-refractivity contribution in [1.29, 1.82) is 0 Å². The van der Waals surface area contributed by atoms with Crippen LogP contribution in [0.1, 0.15) is 31.2 Å². The van der Waals surface area contributed by atoms with E-state index in [0.29, 0.717) is 32.4 Å². The van der Waals surface area contributed by atoms with Gasteiger partial charge >= 0.3 is 6.18 Å². The van der Waals surface area contributed by atoms with Gasteiger partial charge in [-0.1, -0.05) is 12.1 Å². The molecule has 1 aromatic rings. The lowest BCUT2D eigenvalue weighted by Crippen LogP contribution is -2.45. The van der Waals surface area contributed by atoms with Crippen molar-refractivity contribution in [2.24, 2.45) is 5.41 Å². The number of methoxy groups -OCH3 is 1. The van der Waals surface area contributed by atoms with E-state index in [2.05, 4.69) is 0 Å². The number of piperidine rings is 1. The number of alkyl halides is 3. The van der Waals surface area contributed by atoms with Crippen LogP contribution in [0.2, 0.25) is 0 Å². The van der Waals surface area contributed by atoms with E-state index < -0.39 is 18.5 Å². The molecule has 3 rings (SSSR count). The fraction of sp³-hybridized carbons (Fsp3) is 0.579. The van der Waals surface area contributed by atoms with Crippen molar-refractivity contribution >= 4 is 11.8 Å². The Morgan fingerprint density at radius 2 is 1.96 bits per heavy atom. The molecule has 0 atom stereocenters. The number of hydrogen-bond donors (Lipinski definition) is 0. The van der Waals surface area contributed by atoms with Crippen LogP contribution in [-0.4, -0.2) is 54.5 Å². The fourth-order valence-electron chi connectivity index (χ4n) is 3.97. The lowest BCUT2D eigenvalue weighted by molar-refractivity contribution is -0.162. The monoisotopic (exact) mass is 384 g/mol. The molecule has 2 amide bonds. The highest BCUT2D eigenvalue weighted by Gasteiger charge is 2.46. The first-order valence-electron chi connectivity index (χ1n) is 8.95. The Balaban J connectivity index is 1.58. The molecule has 2 aliphatic heterocycles. The third kappa shape index (κ3) is 4.73. The van der Waals surface area contributed by atoms with Gasteiger partial charge in [0.1, 0.15) is 12.2 Å². The van der Waals surface area contributed by atoms with Crippen molar-refractivity contribution in [3.63, 3.8) is 0 Å². The molecule has 5 nitrogen and oxygen atoms in total. The quantitative estimate of drug-likeness (QED) is 0.802. The summed E-state index contributed by atoms with van der Waals surface area (Å²) in [5.74, 6) is -0.104. The Morgan fingerprint density at radius 1 is 1.26 bits per heavy atom. The summed E-state index contributed by atoms with van der Waals surface area (Å²) in [6.07, 6.45) is -4.41. The van der Waals surface area contributed by atoms with Crippen molar-refractivity contribution in [3.05, 3.63) is 29.8 Å². The Morgan fingerprint density at radius 3 is 2.59 bits per heavy atom. The zero-order valence-corrected chi connectivity index (χ0v) is 15.2. The van der Waals surface area contributed by atoms with E-state index in [0.717, 1.165) is 11.3 Å². The van der Waals surface area contributed by atoms with E-state index >= 15 is 0 Å². The highest BCUT2D eigenvalue weighted by atomic mass is 19.4. The highest BCUT2D eigenvalue weighted by Crippen LogP contribution is 2.42. The highest BCUT2D eigenvalue weighted by molar-refractivity contribution is 5.80. The van der Waals surface area contributed by atoms with Crippen LogP contribution in [0.3, 0.4) is 0 Å².